The number of aryl methyl sites for hydroxylation is 1. The number of amides is 1. The van der Waals surface area contributed by atoms with E-state index in [9.17, 15) is 14.9 Å². The van der Waals surface area contributed by atoms with Crippen LogP contribution in [0.1, 0.15) is 22.8 Å². The summed E-state index contributed by atoms with van der Waals surface area (Å²) >= 11 is 5.93. The van der Waals surface area contributed by atoms with Gasteiger partial charge in [-0.1, -0.05) is 17.7 Å². The molecule has 0 atom stereocenters. The molecule has 0 aliphatic heterocycles. The molecule has 6 nitrogen and oxygen atoms in total. The van der Waals surface area contributed by atoms with Crippen molar-refractivity contribution >= 4 is 34.9 Å². The first-order chi connectivity index (χ1) is 12.9. The number of anilines is 2. The molecule has 2 N–H and O–H groups in total. The van der Waals surface area contributed by atoms with E-state index in [1.807, 2.05) is 13.0 Å². The summed E-state index contributed by atoms with van der Waals surface area (Å²) in [7, 11) is 0. The van der Waals surface area contributed by atoms with Crippen molar-refractivity contribution in [1.82, 2.24) is 0 Å². The average molecular weight is 384 g/mol. The van der Waals surface area contributed by atoms with Gasteiger partial charge in [-0.15, -0.1) is 0 Å². The Bertz CT molecular complexity index is 915. The Labute approximate surface area is 162 Å². The first-order valence-corrected chi connectivity index (χ1v) is 8.54. The van der Waals surface area contributed by atoms with Gasteiger partial charge < -0.3 is 15.4 Å². The van der Waals surface area contributed by atoms with Crippen molar-refractivity contribution in [2.45, 2.75) is 13.8 Å². The molecule has 1 amide bonds. The molecule has 0 spiro atoms. The van der Waals surface area contributed by atoms with Gasteiger partial charge in [0.1, 0.15) is 11.6 Å². The molecule has 0 aliphatic carbocycles. The molecule has 0 aliphatic rings. The van der Waals surface area contributed by atoms with Crippen LogP contribution in [0.5, 0.6) is 0 Å². The first kappa shape index (κ1) is 20.0. The van der Waals surface area contributed by atoms with E-state index in [1.54, 1.807) is 49.4 Å². The number of hydrogen-bond acceptors (Lipinski definition) is 5. The minimum Gasteiger partial charge on any atom is -0.462 e. The van der Waals surface area contributed by atoms with Gasteiger partial charge in [0, 0.05) is 22.6 Å². The highest BCUT2D eigenvalue weighted by molar-refractivity contribution is 6.31. The highest BCUT2D eigenvalue weighted by atomic mass is 35.5. The highest BCUT2D eigenvalue weighted by Gasteiger charge is 2.11. The van der Waals surface area contributed by atoms with Crippen molar-refractivity contribution in [2.75, 3.05) is 17.2 Å². The van der Waals surface area contributed by atoms with Crippen LogP contribution >= 0.6 is 11.6 Å². The van der Waals surface area contributed by atoms with Crippen molar-refractivity contribution < 1.29 is 14.3 Å². The molecule has 0 saturated heterocycles. The average Bonchev–Trinajstić information content (AvgIpc) is 2.66. The number of carbonyl (C=O) groups excluding carboxylic acids is 2. The van der Waals surface area contributed by atoms with Crippen LogP contribution in [0.2, 0.25) is 5.02 Å². The lowest BCUT2D eigenvalue weighted by Gasteiger charge is -2.09. The van der Waals surface area contributed by atoms with Crippen LogP contribution in [0, 0.1) is 18.3 Å². The Morgan fingerprint density at radius 1 is 1.22 bits per heavy atom. The third-order valence-corrected chi connectivity index (χ3v) is 3.83. The van der Waals surface area contributed by atoms with E-state index in [2.05, 4.69) is 10.6 Å². The zero-order chi connectivity index (χ0) is 19.8. The van der Waals surface area contributed by atoms with Gasteiger partial charge >= 0.3 is 5.97 Å². The van der Waals surface area contributed by atoms with Crippen molar-refractivity contribution in [1.29, 1.82) is 5.26 Å². The fourth-order valence-electron chi connectivity index (χ4n) is 2.14. The van der Waals surface area contributed by atoms with Gasteiger partial charge in [-0.05, 0) is 55.8 Å². The molecule has 0 fully saturated rings. The molecular weight excluding hydrogens is 366 g/mol. The second kappa shape index (κ2) is 9.41. The zero-order valence-electron chi connectivity index (χ0n) is 14.9. The molecule has 0 saturated carbocycles. The van der Waals surface area contributed by atoms with Gasteiger partial charge in [0.25, 0.3) is 5.91 Å². The quantitative estimate of drug-likeness (QED) is 0.441. The van der Waals surface area contributed by atoms with E-state index >= 15 is 0 Å². The van der Waals surface area contributed by atoms with Gasteiger partial charge in [0.2, 0.25) is 0 Å². The Morgan fingerprint density at radius 2 is 1.93 bits per heavy atom. The number of nitrogens with one attached hydrogen (secondary N) is 2. The summed E-state index contributed by atoms with van der Waals surface area (Å²) in [5.41, 5.74) is 2.28. The fraction of sp³-hybridized carbons (Fsp3) is 0.150. The normalized spacial score (nSPS) is 10.7. The zero-order valence-corrected chi connectivity index (χ0v) is 15.6. The minimum absolute atomic E-state index is 0.108. The van der Waals surface area contributed by atoms with Crippen molar-refractivity contribution in [2.24, 2.45) is 0 Å². The van der Waals surface area contributed by atoms with E-state index in [1.165, 1.54) is 6.20 Å². The lowest BCUT2D eigenvalue weighted by atomic mass is 10.2. The van der Waals surface area contributed by atoms with Crippen molar-refractivity contribution in [3.8, 4) is 6.07 Å². The molecule has 0 aromatic heterocycles. The second-order valence-corrected chi connectivity index (χ2v) is 5.96. The number of rotatable bonds is 6. The summed E-state index contributed by atoms with van der Waals surface area (Å²) in [6.45, 7) is 3.86. The number of halogens is 1. The maximum absolute atomic E-state index is 12.3. The summed E-state index contributed by atoms with van der Waals surface area (Å²) in [6.07, 6.45) is 1.30. The number of nitrogens with zero attached hydrogens (tertiary/aromatic N) is 1. The van der Waals surface area contributed by atoms with Gasteiger partial charge in [-0.25, -0.2) is 4.79 Å². The molecule has 7 heteroatoms. The van der Waals surface area contributed by atoms with Crippen LogP contribution in [0.3, 0.4) is 0 Å². The number of nitriles is 1. The minimum atomic E-state index is -0.557. The van der Waals surface area contributed by atoms with Crippen LogP contribution in [-0.4, -0.2) is 18.5 Å². The van der Waals surface area contributed by atoms with E-state index in [4.69, 9.17) is 16.3 Å². The van der Waals surface area contributed by atoms with Crippen LogP contribution < -0.4 is 10.6 Å². The lowest BCUT2D eigenvalue weighted by molar-refractivity contribution is -0.112. The number of hydrogen-bond donors (Lipinski definition) is 2. The molecule has 138 valence electrons. The summed E-state index contributed by atoms with van der Waals surface area (Å²) in [5, 5.41) is 15.3. The standard InChI is InChI=1S/C20H18ClN3O3/c1-3-27-20(26)14-5-8-17(9-6-14)23-12-15(11-22)19(25)24-18-10-16(21)7-4-13(18)2/h4-10,12,23H,3H2,1-2H3,(H,24,25)/b15-12-. The molecule has 0 heterocycles. The molecule has 0 bridgehead atoms. The third-order valence-electron chi connectivity index (χ3n) is 3.59. The molecular formula is C20H18ClN3O3. The summed E-state index contributed by atoms with van der Waals surface area (Å²) in [6, 6.07) is 13.4. The number of ether oxygens (including phenoxy) is 1. The van der Waals surface area contributed by atoms with Crippen LogP contribution in [0.4, 0.5) is 11.4 Å². The topological polar surface area (TPSA) is 91.2 Å². The van der Waals surface area contributed by atoms with Gasteiger partial charge in [-0.2, -0.15) is 5.26 Å². The van der Waals surface area contributed by atoms with Crippen molar-refractivity contribution in [3.63, 3.8) is 0 Å². The monoisotopic (exact) mass is 383 g/mol. The number of esters is 1. The summed E-state index contributed by atoms with van der Waals surface area (Å²) in [4.78, 5) is 23.9. The van der Waals surface area contributed by atoms with E-state index in [-0.39, 0.29) is 5.57 Å². The van der Waals surface area contributed by atoms with Crippen LogP contribution in [-0.2, 0) is 9.53 Å². The van der Waals surface area contributed by atoms with Crippen LogP contribution in [0.25, 0.3) is 0 Å². The maximum atomic E-state index is 12.3. The predicted molar refractivity (Wildman–Crippen MR) is 105 cm³/mol. The maximum Gasteiger partial charge on any atom is 0.338 e. The SMILES string of the molecule is CCOC(=O)c1ccc(N/C=C(/C#N)C(=O)Nc2cc(Cl)ccc2C)cc1. The summed E-state index contributed by atoms with van der Waals surface area (Å²) < 4.78 is 4.91. The highest BCUT2D eigenvalue weighted by Crippen LogP contribution is 2.20. The Morgan fingerprint density at radius 3 is 2.56 bits per heavy atom. The van der Waals surface area contributed by atoms with Crippen molar-refractivity contribution in [3.05, 3.63) is 70.4 Å². The largest absolute Gasteiger partial charge is 0.462 e. The number of benzene rings is 2. The van der Waals surface area contributed by atoms with E-state index < -0.39 is 11.9 Å². The number of carbonyl (C=O) groups is 2. The van der Waals surface area contributed by atoms with E-state index in [0.29, 0.717) is 28.6 Å². The molecule has 2 rings (SSSR count). The fourth-order valence-corrected chi connectivity index (χ4v) is 2.31. The Hall–Kier alpha value is -3.30. The molecule has 0 unspecified atom stereocenters. The smallest absolute Gasteiger partial charge is 0.338 e. The van der Waals surface area contributed by atoms with Gasteiger partial charge in [0.05, 0.1) is 12.2 Å². The van der Waals surface area contributed by atoms with Gasteiger partial charge in [-0.3, -0.25) is 4.79 Å². The summed E-state index contributed by atoms with van der Waals surface area (Å²) in [5.74, 6) is -0.966. The van der Waals surface area contributed by atoms with Gasteiger partial charge in [0.15, 0.2) is 0 Å². The Balaban J connectivity index is 2.07. The predicted octanol–water partition coefficient (Wildman–Crippen LogP) is 4.28. The lowest BCUT2D eigenvalue weighted by Crippen LogP contribution is -2.15. The van der Waals surface area contributed by atoms with E-state index in [0.717, 1.165) is 5.56 Å². The third kappa shape index (κ3) is 5.59. The first-order valence-electron chi connectivity index (χ1n) is 8.16. The molecule has 2 aromatic carbocycles. The molecule has 27 heavy (non-hydrogen) atoms. The Kier molecular flexibility index (Phi) is 6.98. The van der Waals surface area contributed by atoms with Crippen LogP contribution in [0.15, 0.2) is 54.2 Å². The molecule has 0 radical (unpaired) electrons. The molecule has 2 aromatic rings. The second-order valence-electron chi connectivity index (χ2n) is 5.53.